The molecule has 0 radical (unpaired) electrons. The van der Waals surface area contributed by atoms with Crippen LogP contribution in [0.5, 0.6) is 0 Å². The van der Waals surface area contributed by atoms with Crippen LogP contribution in [0.3, 0.4) is 0 Å². The Morgan fingerprint density at radius 1 is 1.10 bits per heavy atom. The van der Waals surface area contributed by atoms with Gasteiger partial charge in [0.05, 0.1) is 10.6 Å². The number of rotatable bonds is 3. The Balaban J connectivity index is 2.29. The fourth-order valence-corrected chi connectivity index (χ4v) is 1.92. The number of benzene rings is 2. The molecule has 1 N–H and O–H groups in total. The minimum Gasteiger partial charge on any atom is -0.326 e. The third kappa shape index (κ3) is 3.03. The Hall–Kier alpha value is -2.20. The summed E-state index contributed by atoms with van der Waals surface area (Å²) >= 11 is 5.65. The minimum atomic E-state index is -0.731. The quantitative estimate of drug-likeness (QED) is 0.877. The Bertz CT molecular complexity index is 668. The first-order valence-corrected chi connectivity index (χ1v) is 6.23. The average molecular weight is 292 g/mol. The van der Waals surface area contributed by atoms with Crippen molar-refractivity contribution in [2.45, 2.75) is 6.92 Å². The van der Waals surface area contributed by atoms with E-state index in [1.807, 2.05) is 0 Å². The summed E-state index contributed by atoms with van der Waals surface area (Å²) in [5, 5.41) is 2.49. The lowest BCUT2D eigenvalue weighted by atomic mass is 10.0. The maximum absolute atomic E-state index is 13.8. The number of hydrogen-bond acceptors (Lipinski definition) is 2. The maximum atomic E-state index is 13.8. The summed E-state index contributed by atoms with van der Waals surface area (Å²) in [6, 6.07) is 10.5. The molecule has 2 rings (SSSR count). The molecule has 0 aromatic heterocycles. The van der Waals surface area contributed by atoms with E-state index in [1.54, 1.807) is 12.1 Å². The summed E-state index contributed by atoms with van der Waals surface area (Å²) in [4.78, 5) is 23.1. The Morgan fingerprint density at radius 3 is 2.35 bits per heavy atom. The van der Waals surface area contributed by atoms with Crippen molar-refractivity contribution in [3.8, 4) is 0 Å². The molecular formula is C15H11ClFNO2. The monoisotopic (exact) mass is 291 g/mol. The van der Waals surface area contributed by atoms with Gasteiger partial charge in [-0.25, -0.2) is 4.39 Å². The van der Waals surface area contributed by atoms with Gasteiger partial charge in [0.25, 0.3) is 0 Å². The summed E-state index contributed by atoms with van der Waals surface area (Å²) in [5.74, 6) is -1.39. The fraction of sp³-hybridized carbons (Fsp3) is 0.0667. The second-order valence-corrected chi connectivity index (χ2v) is 4.60. The molecule has 0 spiro atoms. The van der Waals surface area contributed by atoms with E-state index in [-0.39, 0.29) is 16.5 Å². The number of hydrogen-bond donors (Lipinski definition) is 1. The van der Waals surface area contributed by atoms with Crippen molar-refractivity contribution in [2.24, 2.45) is 0 Å². The van der Waals surface area contributed by atoms with Crippen LogP contribution in [0.15, 0.2) is 42.5 Å². The van der Waals surface area contributed by atoms with Gasteiger partial charge in [0.2, 0.25) is 5.91 Å². The van der Waals surface area contributed by atoms with Gasteiger partial charge in [-0.3, -0.25) is 9.59 Å². The van der Waals surface area contributed by atoms with Crippen LogP contribution in [0.2, 0.25) is 5.02 Å². The predicted molar refractivity (Wildman–Crippen MR) is 75.6 cm³/mol. The molecule has 0 unspecified atom stereocenters. The molecule has 1 amide bonds. The highest BCUT2D eigenvalue weighted by Crippen LogP contribution is 2.21. The zero-order valence-electron chi connectivity index (χ0n) is 10.6. The normalized spacial score (nSPS) is 10.2. The molecule has 0 atom stereocenters. The molecule has 0 aliphatic carbocycles. The first-order valence-electron chi connectivity index (χ1n) is 5.85. The topological polar surface area (TPSA) is 46.2 Å². The number of ketones is 1. The Morgan fingerprint density at radius 2 is 1.75 bits per heavy atom. The molecule has 0 saturated heterocycles. The predicted octanol–water partition coefficient (Wildman–Crippen LogP) is 3.67. The average Bonchev–Trinajstić information content (AvgIpc) is 2.41. The second kappa shape index (κ2) is 5.84. The van der Waals surface area contributed by atoms with Crippen molar-refractivity contribution >= 4 is 29.0 Å². The van der Waals surface area contributed by atoms with E-state index < -0.39 is 11.6 Å². The molecule has 20 heavy (non-hydrogen) atoms. The number of amides is 1. The second-order valence-electron chi connectivity index (χ2n) is 4.19. The molecule has 0 fully saturated rings. The summed E-state index contributed by atoms with van der Waals surface area (Å²) in [6.45, 7) is 1.39. The van der Waals surface area contributed by atoms with E-state index in [9.17, 15) is 14.0 Å². The highest BCUT2D eigenvalue weighted by Gasteiger charge is 2.15. The first-order chi connectivity index (χ1) is 9.49. The van der Waals surface area contributed by atoms with Crippen molar-refractivity contribution in [1.82, 2.24) is 0 Å². The van der Waals surface area contributed by atoms with Gasteiger partial charge in [-0.15, -0.1) is 0 Å². The van der Waals surface area contributed by atoms with Gasteiger partial charge in [-0.05, 0) is 36.4 Å². The van der Waals surface area contributed by atoms with E-state index in [1.165, 1.54) is 37.3 Å². The van der Waals surface area contributed by atoms with Crippen LogP contribution in [-0.2, 0) is 4.79 Å². The highest BCUT2D eigenvalue weighted by molar-refractivity contribution is 6.31. The Kier molecular flexibility index (Phi) is 4.15. The molecule has 102 valence electrons. The lowest BCUT2D eigenvalue weighted by Gasteiger charge is -2.06. The lowest BCUT2D eigenvalue weighted by molar-refractivity contribution is -0.114. The van der Waals surface area contributed by atoms with Crippen molar-refractivity contribution in [3.63, 3.8) is 0 Å². The summed E-state index contributed by atoms with van der Waals surface area (Å²) in [5.41, 5.74) is 0.811. The summed E-state index contributed by atoms with van der Waals surface area (Å²) in [7, 11) is 0. The van der Waals surface area contributed by atoms with E-state index in [0.717, 1.165) is 0 Å². The SMILES string of the molecule is CC(=O)Nc1ccc(C(=O)c2cccc(Cl)c2F)cc1. The molecule has 0 bridgehead atoms. The fourth-order valence-electron chi connectivity index (χ4n) is 1.74. The highest BCUT2D eigenvalue weighted by atomic mass is 35.5. The lowest BCUT2D eigenvalue weighted by Crippen LogP contribution is -2.07. The maximum Gasteiger partial charge on any atom is 0.221 e. The van der Waals surface area contributed by atoms with Crippen LogP contribution >= 0.6 is 11.6 Å². The molecule has 5 heteroatoms. The van der Waals surface area contributed by atoms with Crippen LogP contribution in [0, 0.1) is 5.82 Å². The van der Waals surface area contributed by atoms with E-state index >= 15 is 0 Å². The molecule has 2 aromatic rings. The largest absolute Gasteiger partial charge is 0.326 e. The summed E-state index contributed by atoms with van der Waals surface area (Å²) in [6.07, 6.45) is 0. The number of carbonyl (C=O) groups excluding carboxylic acids is 2. The number of anilines is 1. The van der Waals surface area contributed by atoms with Crippen LogP contribution in [0.4, 0.5) is 10.1 Å². The zero-order chi connectivity index (χ0) is 14.7. The van der Waals surface area contributed by atoms with E-state index in [2.05, 4.69) is 5.32 Å². The van der Waals surface area contributed by atoms with Crippen LogP contribution in [0.25, 0.3) is 0 Å². The molecule has 3 nitrogen and oxygen atoms in total. The van der Waals surface area contributed by atoms with Gasteiger partial charge in [0, 0.05) is 18.2 Å². The molecule has 0 heterocycles. The van der Waals surface area contributed by atoms with E-state index in [4.69, 9.17) is 11.6 Å². The van der Waals surface area contributed by atoms with Crippen molar-refractivity contribution in [2.75, 3.05) is 5.32 Å². The van der Waals surface area contributed by atoms with Gasteiger partial charge >= 0.3 is 0 Å². The van der Waals surface area contributed by atoms with Crippen LogP contribution in [-0.4, -0.2) is 11.7 Å². The number of carbonyl (C=O) groups is 2. The molecular weight excluding hydrogens is 281 g/mol. The van der Waals surface area contributed by atoms with Gasteiger partial charge in [0.1, 0.15) is 0 Å². The minimum absolute atomic E-state index is 0.0789. The van der Waals surface area contributed by atoms with Crippen LogP contribution < -0.4 is 5.32 Å². The van der Waals surface area contributed by atoms with Crippen LogP contribution in [0.1, 0.15) is 22.8 Å². The number of halogens is 2. The van der Waals surface area contributed by atoms with Crippen molar-refractivity contribution < 1.29 is 14.0 Å². The van der Waals surface area contributed by atoms with Crippen molar-refractivity contribution in [3.05, 3.63) is 64.4 Å². The smallest absolute Gasteiger partial charge is 0.221 e. The molecule has 2 aromatic carbocycles. The molecule has 0 aliphatic heterocycles. The number of nitrogens with one attached hydrogen (secondary N) is 1. The Labute approximate surface area is 120 Å². The van der Waals surface area contributed by atoms with Gasteiger partial charge in [0.15, 0.2) is 11.6 Å². The van der Waals surface area contributed by atoms with Gasteiger partial charge in [-0.2, -0.15) is 0 Å². The third-order valence-corrected chi connectivity index (χ3v) is 2.96. The zero-order valence-corrected chi connectivity index (χ0v) is 11.4. The molecule has 0 saturated carbocycles. The van der Waals surface area contributed by atoms with Crippen molar-refractivity contribution in [1.29, 1.82) is 0 Å². The van der Waals surface area contributed by atoms with Gasteiger partial charge in [-0.1, -0.05) is 17.7 Å². The summed E-state index contributed by atoms with van der Waals surface area (Å²) < 4.78 is 13.8. The third-order valence-electron chi connectivity index (χ3n) is 2.66. The van der Waals surface area contributed by atoms with Gasteiger partial charge < -0.3 is 5.32 Å². The van der Waals surface area contributed by atoms with E-state index in [0.29, 0.717) is 11.3 Å². The standard InChI is InChI=1S/C15H11ClFNO2/c1-9(19)18-11-7-5-10(6-8-11)15(20)12-3-2-4-13(16)14(12)17/h2-8H,1H3,(H,18,19). The molecule has 0 aliphatic rings. The first kappa shape index (κ1) is 14.2.